The number of benzene rings is 1. The van der Waals surface area contributed by atoms with E-state index in [0.29, 0.717) is 12.6 Å². The molecule has 0 amide bonds. The van der Waals surface area contributed by atoms with Crippen LogP contribution in [0.15, 0.2) is 29.3 Å². The summed E-state index contributed by atoms with van der Waals surface area (Å²) in [4.78, 5) is 12.9. The number of anilines is 1. The summed E-state index contributed by atoms with van der Waals surface area (Å²) < 4.78 is 5.51. The summed E-state index contributed by atoms with van der Waals surface area (Å²) in [6.07, 6.45) is 1.07. The molecule has 154 valence electrons. The molecule has 0 spiro atoms. The highest BCUT2D eigenvalue weighted by Gasteiger charge is 2.25. The quantitative estimate of drug-likeness (QED) is 0.349. The van der Waals surface area contributed by atoms with Gasteiger partial charge >= 0.3 is 0 Å². The van der Waals surface area contributed by atoms with Crippen molar-refractivity contribution in [2.45, 2.75) is 39.8 Å². The van der Waals surface area contributed by atoms with Crippen molar-refractivity contribution in [1.82, 2.24) is 15.6 Å². The molecule has 1 aromatic carbocycles. The van der Waals surface area contributed by atoms with Gasteiger partial charge in [-0.05, 0) is 39.3 Å². The van der Waals surface area contributed by atoms with Gasteiger partial charge in [0.2, 0.25) is 0 Å². The van der Waals surface area contributed by atoms with Crippen LogP contribution in [0.4, 0.5) is 5.69 Å². The molecule has 0 radical (unpaired) electrons. The number of aryl methyl sites for hydroxylation is 2. The number of hydrogen-bond acceptors (Lipinski definition) is 5. The highest BCUT2D eigenvalue weighted by molar-refractivity contribution is 14.0. The van der Waals surface area contributed by atoms with E-state index in [0.717, 1.165) is 54.2 Å². The van der Waals surface area contributed by atoms with E-state index in [1.165, 1.54) is 4.88 Å². The summed E-state index contributed by atoms with van der Waals surface area (Å²) in [6, 6.07) is 8.55. The lowest BCUT2D eigenvalue weighted by Crippen LogP contribution is -2.44. The molecular weight excluding hydrogens is 485 g/mol. The van der Waals surface area contributed by atoms with Gasteiger partial charge in [0, 0.05) is 30.6 Å². The van der Waals surface area contributed by atoms with E-state index in [1.807, 2.05) is 19.1 Å². The smallest absolute Gasteiger partial charge is 0.191 e. The fourth-order valence-electron chi connectivity index (χ4n) is 3.25. The van der Waals surface area contributed by atoms with Gasteiger partial charge in [-0.25, -0.2) is 9.98 Å². The maximum absolute atomic E-state index is 5.51. The van der Waals surface area contributed by atoms with Gasteiger partial charge in [-0.15, -0.1) is 35.3 Å². The minimum atomic E-state index is 0. The molecule has 1 aliphatic rings. The van der Waals surface area contributed by atoms with Gasteiger partial charge in [0.25, 0.3) is 0 Å². The van der Waals surface area contributed by atoms with Crippen LogP contribution in [0.25, 0.3) is 0 Å². The Morgan fingerprint density at radius 1 is 1.36 bits per heavy atom. The highest BCUT2D eigenvalue weighted by Crippen LogP contribution is 2.30. The lowest BCUT2D eigenvalue weighted by molar-refractivity contribution is 0.415. The predicted molar refractivity (Wildman–Crippen MR) is 129 cm³/mol. The Balaban J connectivity index is 0.00000280. The van der Waals surface area contributed by atoms with Crippen molar-refractivity contribution >= 4 is 47.0 Å². The second-order valence-electron chi connectivity index (χ2n) is 6.69. The predicted octanol–water partition coefficient (Wildman–Crippen LogP) is 3.72. The number of nitrogens with one attached hydrogen (secondary N) is 2. The maximum Gasteiger partial charge on any atom is 0.191 e. The van der Waals surface area contributed by atoms with Gasteiger partial charge in [0.15, 0.2) is 5.96 Å². The number of methoxy groups -OCH3 is 1. The van der Waals surface area contributed by atoms with Crippen molar-refractivity contribution in [3.8, 4) is 5.75 Å². The molecule has 1 atom stereocenters. The van der Waals surface area contributed by atoms with Gasteiger partial charge in [0.05, 0.1) is 25.0 Å². The Kier molecular flexibility index (Phi) is 8.81. The molecule has 28 heavy (non-hydrogen) atoms. The van der Waals surface area contributed by atoms with Crippen LogP contribution in [0.3, 0.4) is 0 Å². The summed E-state index contributed by atoms with van der Waals surface area (Å²) in [5.41, 5.74) is 2.26. The summed E-state index contributed by atoms with van der Waals surface area (Å²) >= 11 is 1.72. The Morgan fingerprint density at radius 2 is 2.14 bits per heavy atom. The molecule has 1 aromatic heterocycles. The van der Waals surface area contributed by atoms with Gasteiger partial charge in [-0.3, -0.25) is 0 Å². The van der Waals surface area contributed by atoms with E-state index in [1.54, 1.807) is 18.4 Å². The largest absolute Gasteiger partial charge is 0.495 e. The van der Waals surface area contributed by atoms with E-state index in [2.05, 4.69) is 46.5 Å². The van der Waals surface area contributed by atoms with Gasteiger partial charge in [0.1, 0.15) is 10.8 Å². The molecule has 1 aliphatic heterocycles. The number of para-hydroxylation sites is 2. The molecule has 0 bridgehead atoms. The van der Waals surface area contributed by atoms with E-state index in [4.69, 9.17) is 9.73 Å². The number of aromatic nitrogens is 1. The third-order valence-electron chi connectivity index (χ3n) is 4.74. The molecule has 6 nitrogen and oxygen atoms in total. The minimum absolute atomic E-state index is 0. The van der Waals surface area contributed by atoms with Crippen LogP contribution in [0.2, 0.25) is 0 Å². The maximum atomic E-state index is 5.51. The topological polar surface area (TPSA) is 61.8 Å². The molecule has 2 heterocycles. The fourth-order valence-corrected chi connectivity index (χ4v) is 4.11. The Morgan fingerprint density at radius 3 is 2.82 bits per heavy atom. The molecule has 1 unspecified atom stereocenters. The minimum Gasteiger partial charge on any atom is -0.495 e. The van der Waals surface area contributed by atoms with Crippen LogP contribution in [0, 0.1) is 13.8 Å². The zero-order valence-corrected chi connectivity index (χ0v) is 20.1. The second kappa shape index (κ2) is 10.8. The van der Waals surface area contributed by atoms with E-state index in [-0.39, 0.29) is 24.0 Å². The van der Waals surface area contributed by atoms with Crippen molar-refractivity contribution in [3.63, 3.8) is 0 Å². The average molecular weight is 515 g/mol. The van der Waals surface area contributed by atoms with Crippen molar-refractivity contribution in [1.29, 1.82) is 0 Å². The first-order valence-electron chi connectivity index (χ1n) is 9.46. The van der Waals surface area contributed by atoms with E-state index < -0.39 is 0 Å². The number of hydrogen-bond donors (Lipinski definition) is 2. The summed E-state index contributed by atoms with van der Waals surface area (Å²) in [6.45, 7) is 9.62. The Bertz CT molecular complexity index is 775. The van der Waals surface area contributed by atoms with Gasteiger partial charge in [-0.1, -0.05) is 12.1 Å². The SMILES string of the molecule is CCNC(=NCc1nc(C)c(C)s1)NC1CCN(c2ccccc2OC)C1.I. The molecular formula is C20H30IN5OS. The lowest BCUT2D eigenvalue weighted by atomic mass is 10.2. The van der Waals surface area contributed by atoms with E-state index >= 15 is 0 Å². The van der Waals surface area contributed by atoms with Crippen LogP contribution in [-0.4, -0.2) is 43.7 Å². The third-order valence-corrected chi connectivity index (χ3v) is 5.80. The van der Waals surface area contributed by atoms with Crippen LogP contribution in [0.1, 0.15) is 28.9 Å². The van der Waals surface area contributed by atoms with Crippen molar-refractivity contribution < 1.29 is 4.74 Å². The standard InChI is InChI=1S/C20H29N5OS.HI/c1-5-21-20(22-12-19-23-14(2)15(3)27-19)24-16-10-11-25(13-16)17-8-6-7-9-18(17)26-4;/h6-9,16H,5,10-13H2,1-4H3,(H2,21,22,24);1H. The average Bonchev–Trinajstić information content (AvgIpc) is 3.26. The van der Waals surface area contributed by atoms with Crippen LogP contribution in [0.5, 0.6) is 5.75 Å². The molecule has 8 heteroatoms. The molecule has 1 saturated heterocycles. The first kappa shape index (κ1) is 22.7. The summed E-state index contributed by atoms with van der Waals surface area (Å²) in [7, 11) is 1.72. The molecule has 0 aliphatic carbocycles. The Hall–Kier alpha value is -1.55. The van der Waals surface area contributed by atoms with E-state index in [9.17, 15) is 0 Å². The number of nitrogens with zero attached hydrogens (tertiary/aromatic N) is 3. The summed E-state index contributed by atoms with van der Waals surface area (Å²) in [5.74, 6) is 1.78. The number of rotatable bonds is 6. The Labute approximate surface area is 188 Å². The number of thiazole rings is 1. The van der Waals surface area contributed by atoms with Gasteiger partial charge < -0.3 is 20.3 Å². The van der Waals surface area contributed by atoms with Crippen LogP contribution < -0.4 is 20.3 Å². The zero-order chi connectivity index (χ0) is 19.2. The second-order valence-corrected chi connectivity index (χ2v) is 7.98. The van der Waals surface area contributed by atoms with Crippen molar-refractivity contribution in [2.24, 2.45) is 4.99 Å². The molecule has 2 N–H and O–H groups in total. The van der Waals surface area contributed by atoms with Crippen molar-refractivity contribution in [3.05, 3.63) is 39.8 Å². The first-order chi connectivity index (χ1) is 13.1. The fraction of sp³-hybridized carbons (Fsp3) is 0.500. The normalized spacial score (nSPS) is 16.6. The monoisotopic (exact) mass is 515 g/mol. The molecule has 1 fully saturated rings. The number of aliphatic imine (C=N–C) groups is 1. The van der Waals surface area contributed by atoms with Crippen molar-refractivity contribution in [2.75, 3.05) is 31.6 Å². The highest BCUT2D eigenvalue weighted by atomic mass is 127. The molecule has 3 rings (SSSR count). The third kappa shape index (κ3) is 5.73. The molecule has 2 aromatic rings. The molecule has 0 saturated carbocycles. The lowest BCUT2D eigenvalue weighted by Gasteiger charge is -2.22. The van der Waals surface area contributed by atoms with Crippen LogP contribution >= 0.6 is 35.3 Å². The van der Waals surface area contributed by atoms with Gasteiger partial charge in [-0.2, -0.15) is 0 Å². The number of guanidine groups is 1. The first-order valence-corrected chi connectivity index (χ1v) is 10.3. The number of ether oxygens (including phenoxy) is 1. The zero-order valence-electron chi connectivity index (χ0n) is 17.0. The summed E-state index contributed by atoms with van der Waals surface area (Å²) in [5, 5.41) is 7.99. The van der Waals surface area contributed by atoms with Crippen LogP contribution in [-0.2, 0) is 6.54 Å². The number of halogens is 1.